The third kappa shape index (κ3) is 5.53. The molecule has 0 aromatic heterocycles. The molecule has 1 rings (SSSR count). The SMILES string of the molecule is CCC(C)(O)CNC(C)c1cccc(OC(F)F)c1. The monoisotopic (exact) mass is 273 g/mol. The number of halogens is 2. The van der Waals surface area contributed by atoms with Gasteiger partial charge in [-0.1, -0.05) is 19.1 Å². The van der Waals surface area contributed by atoms with Crippen molar-refractivity contribution in [3.63, 3.8) is 0 Å². The molecule has 1 aromatic carbocycles. The van der Waals surface area contributed by atoms with E-state index in [0.717, 1.165) is 5.56 Å². The van der Waals surface area contributed by atoms with Gasteiger partial charge in [0.1, 0.15) is 5.75 Å². The van der Waals surface area contributed by atoms with Gasteiger partial charge in [-0.25, -0.2) is 0 Å². The normalized spacial score (nSPS) is 16.2. The topological polar surface area (TPSA) is 41.5 Å². The Bertz CT molecular complexity index is 397. The van der Waals surface area contributed by atoms with Gasteiger partial charge in [-0.3, -0.25) is 0 Å². The van der Waals surface area contributed by atoms with E-state index in [9.17, 15) is 13.9 Å². The number of rotatable bonds is 7. The number of nitrogens with one attached hydrogen (secondary N) is 1. The summed E-state index contributed by atoms with van der Waals surface area (Å²) in [5.41, 5.74) is 0.0655. The third-order valence-electron chi connectivity index (χ3n) is 3.13. The average molecular weight is 273 g/mol. The molecule has 0 aliphatic rings. The summed E-state index contributed by atoms with van der Waals surface area (Å²) in [7, 11) is 0. The third-order valence-corrected chi connectivity index (χ3v) is 3.13. The van der Waals surface area contributed by atoms with Crippen molar-refractivity contribution in [3.05, 3.63) is 29.8 Å². The number of aliphatic hydroxyl groups is 1. The van der Waals surface area contributed by atoms with Crippen LogP contribution in [0.5, 0.6) is 5.75 Å². The van der Waals surface area contributed by atoms with E-state index >= 15 is 0 Å². The largest absolute Gasteiger partial charge is 0.435 e. The van der Waals surface area contributed by atoms with Gasteiger partial charge in [-0.15, -0.1) is 0 Å². The van der Waals surface area contributed by atoms with Crippen LogP contribution < -0.4 is 10.1 Å². The van der Waals surface area contributed by atoms with Gasteiger partial charge in [-0.2, -0.15) is 8.78 Å². The van der Waals surface area contributed by atoms with E-state index < -0.39 is 12.2 Å². The first kappa shape index (κ1) is 15.9. The van der Waals surface area contributed by atoms with Crippen molar-refractivity contribution < 1.29 is 18.6 Å². The van der Waals surface area contributed by atoms with Crippen molar-refractivity contribution in [2.24, 2.45) is 0 Å². The molecule has 1 aromatic rings. The highest BCUT2D eigenvalue weighted by molar-refractivity contribution is 5.30. The molecule has 0 fully saturated rings. The van der Waals surface area contributed by atoms with E-state index in [1.807, 2.05) is 19.9 Å². The van der Waals surface area contributed by atoms with Gasteiger partial charge in [0.25, 0.3) is 0 Å². The number of ether oxygens (including phenoxy) is 1. The van der Waals surface area contributed by atoms with Crippen LogP contribution in [0.4, 0.5) is 8.78 Å². The fourth-order valence-electron chi connectivity index (χ4n) is 1.58. The van der Waals surface area contributed by atoms with Crippen LogP contribution in [0.15, 0.2) is 24.3 Å². The Morgan fingerprint density at radius 2 is 2.11 bits per heavy atom. The molecule has 0 aliphatic heterocycles. The zero-order chi connectivity index (χ0) is 14.5. The molecule has 0 bridgehead atoms. The van der Waals surface area contributed by atoms with Gasteiger partial charge in [0, 0.05) is 12.6 Å². The minimum absolute atomic E-state index is 0.0563. The molecule has 108 valence electrons. The predicted molar refractivity (Wildman–Crippen MR) is 70.4 cm³/mol. The van der Waals surface area contributed by atoms with Crippen molar-refractivity contribution in [1.29, 1.82) is 0 Å². The second kappa shape index (κ2) is 6.82. The maximum absolute atomic E-state index is 12.1. The standard InChI is InChI=1S/C14H21F2NO2/c1-4-14(3,18)9-17-10(2)11-6-5-7-12(8-11)19-13(15)16/h5-8,10,13,17-18H,4,9H2,1-3H3. The summed E-state index contributed by atoms with van der Waals surface area (Å²) in [5.74, 6) is 0.142. The summed E-state index contributed by atoms with van der Waals surface area (Å²) in [6.07, 6.45) is 0.640. The van der Waals surface area contributed by atoms with Crippen molar-refractivity contribution in [3.8, 4) is 5.75 Å². The van der Waals surface area contributed by atoms with Gasteiger partial charge in [-0.05, 0) is 38.0 Å². The van der Waals surface area contributed by atoms with Crippen molar-refractivity contribution in [2.45, 2.75) is 45.4 Å². The summed E-state index contributed by atoms with van der Waals surface area (Å²) >= 11 is 0. The molecule has 0 saturated carbocycles. The van der Waals surface area contributed by atoms with Crippen molar-refractivity contribution in [2.75, 3.05) is 6.54 Å². The Labute approximate surface area is 112 Å². The summed E-state index contributed by atoms with van der Waals surface area (Å²) in [4.78, 5) is 0. The maximum Gasteiger partial charge on any atom is 0.387 e. The smallest absolute Gasteiger partial charge is 0.387 e. The second-order valence-electron chi connectivity index (χ2n) is 4.90. The second-order valence-corrected chi connectivity index (χ2v) is 4.90. The first-order chi connectivity index (χ1) is 8.84. The lowest BCUT2D eigenvalue weighted by atomic mass is 10.0. The highest BCUT2D eigenvalue weighted by atomic mass is 19.3. The van der Waals surface area contributed by atoms with Crippen LogP contribution in [0.3, 0.4) is 0 Å². The summed E-state index contributed by atoms with van der Waals surface area (Å²) in [6, 6.07) is 6.51. The van der Waals surface area contributed by atoms with Crippen LogP contribution in [0, 0.1) is 0 Å². The Morgan fingerprint density at radius 1 is 1.42 bits per heavy atom. The molecule has 0 amide bonds. The zero-order valence-corrected chi connectivity index (χ0v) is 11.5. The number of benzene rings is 1. The first-order valence-corrected chi connectivity index (χ1v) is 6.34. The molecule has 2 atom stereocenters. The quantitative estimate of drug-likeness (QED) is 0.802. The van der Waals surface area contributed by atoms with Crippen molar-refractivity contribution >= 4 is 0 Å². The Hall–Kier alpha value is -1.20. The number of hydrogen-bond acceptors (Lipinski definition) is 3. The summed E-state index contributed by atoms with van der Waals surface area (Å²) in [6.45, 7) is 3.18. The van der Waals surface area contributed by atoms with E-state index in [4.69, 9.17) is 0 Å². The minimum atomic E-state index is -2.82. The van der Waals surface area contributed by atoms with E-state index in [1.165, 1.54) is 6.07 Å². The lowest BCUT2D eigenvalue weighted by molar-refractivity contribution is -0.0499. The fraction of sp³-hybridized carbons (Fsp3) is 0.571. The Morgan fingerprint density at radius 3 is 2.68 bits per heavy atom. The van der Waals surface area contributed by atoms with E-state index in [0.29, 0.717) is 13.0 Å². The lowest BCUT2D eigenvalue weighted by Gasteiger charge is -2.25. The molecule has 5 heteroatoms. The summed E-state index contributed by atoms with van der Waals surface area (Å²) in [5, 5.41) is 13.1. The zero-order valence-electron chi connectivity index (χ0n) is 11.5. The van der Waals surface area contributed by atoms with Gasteiger partial charge < -0.3 is 15.2 Å². The first-order valence-electron chi connectivity index (χ1n) is 6.34. The molecule has 2 unspecified atom stereocenters. The molecule has 0 spiro atoms. The minimum Gasteiger partial charge on any atom is -0.435 e. The van der Waals surface area contributed by atoms with E-state index in [1.54, 1.807) is 19.1 Å². The number of alkyl halides is 2. The Balaban J connectivity index is 2.64. The van der Waals surface area contributed by atoms with Gasteiger partial charge in [0.15, 0.2) is 0 Å². The van der Waals surface area contributed by atoms with Crippen LogP contribution in [-0.2, 0) is 0 Å². The summed E-state index contributed by atoms with van der Waals surface area (Å²) < 4.78 is 28.6. The van der Waals surface area contributed by atoms with Crippen molar-refractivity contribution in [1.82, 2.24) is 5.32 Å². The van der Waals surface area contributed by atoms with Gasteiger partial charge in [0.05, 0.1) is 5.60 Å². The highest BCUT2D eigenvalue weighted by Crippen LogP contribution is 2.21. The van der Waals surface area contributed by atoms with Crippen LogP contribution in [0.25, 0.3) is 0 Å². The van der Waals surface area contributed by atoms with E-state index in [-0.39, 0.29) is 11.8 Å². The van der Waals surface area contributed by atoms with Gasteiger partial charge in [0.2, 0.25) is 0 Å². The fourth-order valence-corrected chi connectivity index (χ4v) is 1.58. The van der Waals surface area contributed by atoms with Crippen LogP contribution >= 0.6 is 0 Å². The molecule has 0 saturated heterocycles. The van der Waals surface area contributed by atoms with Crippen LogP contribution in [-0.4, -0.2) is 23.9 Å². The predicted octanol–water partition coefficient (Wildman–Crippen LogP) is 3.10. The molecule has 0 radical (unpaired) electrons. The van der Waals surface area contributed by atoms with Crippen LogP contribution in [0.2, 0.25) is 0 Å². The van der Waals surface area contributed by atoms with E-state index in [2.05, 4.69) is 10.1 Å². The maximum atomic E-state index is 12.1. The molecular weight excluding hydrogens is 252 g/mol. The average Bonchev–Trinajstić information content (AvgIpc) is 2.35. The molecule has 19 heavy (non-hydrogen) atoms. The molecule has 3 nitrogen and oxygen atoms in total. The lowest BCUT2D eigenvalue weighted by Crippen LogP contribution is -2.38. The van der Waals surface area contributed by atoms with Crippen LogP contribution in [0.1, 0.15) is 38.8 Å². The number of hydrogen-bond donors (Lipinski definition) is 2. The molecule has 0 heterocycles. The molecule has 0 aliphatic carbocycles. The Kier molecular flexibility index (Phi) is 5.69. The highest BCUT2D eigenvalue weighted by Gasteiger charge is 2.18. The molecular formula is C14H21F2NO2. The molecule has 2 N–H and O–H groups in total. The van der Waals surface area contributed by atoms with Gasteiger partial charge >= 0.3 is 6.61 Å².